The zero-order valence-corrected chi connectivity index (χ0v) is 35.8. The number of hydrogen-bond donors (Lipinski definition) is 0. The monoisotopic (exact) mass is 854 g/mol. The minimum atomic E-state index is -1.42. The van der Waals surface area contributed by atoms with Crippen molar-refractivity contribution in [3.8, 4) is 23.0 Å². The van der Waals surface area contributed by atoms with Gasteiger partial charge in [0.15, 0.2) is 11.5 Å². The van der Waals surface area contributed by atoms with Crippen molar-refractivity contribution < 1.29 is 76.6 Å². The van der Waals surface area contributed by atoms with E-state index in [0.717, 1.165) is 12.1 Å². The average molecular weight is 855 g/mol. The van der Waals surface area contributed by atoms with Crippen LogP contribution in [0, 0.1) is 11.8 Å². The van der Waals surface area contributed by atoms with Crippen molar-refractivity contribution >= 4 is 47.8 Å². The molecule has 326 valence electrons. The summed E-state index contributed by atoms with van der Waals surface area (Å²) in [6.45, 7) is 15.7. The van der Waals surface area contributed by atoms with Gasteiger partial charge in [-0.1, -0.05) is 64.1 Å². The summed E-state index contributed by atoms with van der Waals surface area (Å²) in [4.78, 5) is 116. The van der Waals surface area contributed by atoms with Crippen LogP contribution < -0.4 is 18.9 Å². The fourth-order valence-corrected chi connectivity index (χ4v) is 5.07. The van der Waals surface area contributed by atoms with Crippen molar-refractivity contribution in [2.24, 2.45) is 11.8 Å². The predicted molar refractivity (Wildman–Crippen MR) is 218 cm³/mol. The Morgan fingerprint density at radius 3 is 1.03 bits per heavy atom. The molecule has 0 bridgehead atoms. The molecule has 0 heterocycles. The van der Waals surface area contributed by atoms with E-state index in [1.807, 2.05) is 0 Å². The largest absolute Gasteiger partial charge is 0.514 e. The fraction of sp³-hybridized carbons (Fsp3) is 0.304. The number of benzene rings is 4. The minimum Gasteiger partial charge on any atom is -0.428 e. The van der Waals surface area contributed by atoms with Gasteiger partial charge in [-0.3, -0.25) is 19.2 Å². The highest BCUT2D eigenvalue weighted by atomic mass is 17.2. The number of esters is 2. The third-order valence-electron chi connectivity index (χ3n) is 7.93. The van der Waals surface area contributed by atoms with E-state index >= 15 is 0 Å². The summed E-state index contributed by atoms with van der Waals surface area (Å²) in [6, 6.07) is 18.6. The van der Waals surface area contributed by atoms with Crippen LogP contribution in [0.3, 0.4) is 0 Å². The zero-order chi connectivity index (χ0) is 46.1. The van der Waals surface area contributed by atoms with Gasteiger partial charge in [0.05, 0.1) is 34.1 Å². The molecule has 4 rings (SSSR count). The molecule has 16 heteroatoms. The number of ether oxygens (including phenoxy) is 6. The maximum Gasteiger partial charge on any atom is 0.514 e. The zero-order valence-electron chi connectivity index (χ0n) is 35.8. The lowest BCUT2D eigenvalue weighted by molar-refractivity contribution is -0.187. The number of hydrogen-bond acceptors (Lipinski definition) is 16. The van der Waals surface area contributed by atoms with Crippen LogP contribution in [0.1, 0.15) is 122 Å². The molecule has 0 aliphatic rings. The third kappa shape index (κ3) is 12.6. The van der Waals surface area contributed by atoms with Crippen LogP contribution in [-0.4, -0.2) is 59.0 Å². The van der Waals surface area contributed by atoms with Crippen molar-refractivity contribution in [3.63, 3.8) is 0 Å². The maximum atomic E-state index is 14.1. The van der Waals surface area contributed by atoms with Crippen molar-refractivity contribution in [2.75, 3.05) is 0 Å². The van der Waals surface area contributed by atoms with Gasteiger partial charge in [-0.05, 0) is 90.1 Å². The number of carbonyl (C=O) groups is 8. The van der Waals surface area contributed by atoms with Gasteiger partial charge in [-0.25, -0.2) is 29.0 Å². The second-order valence-corrected chi connectivity index (χ2v) is 16.0. The summed E-state index contributed by atoms with van der Waals surface area (Å²) in [6.07, 6.45) is -2.20. The minimum absolute atomic E-state index is 0.172. The summed E-state index contributed by atoms with van der Waals surface area (Å²) >= 11 is 0. The molecule has 0 amide bonds. The van der Waals surface area contributed by atoms with Gasteiger partial charge >= 0.3 is 36.2 Å². The Morgan fingerprint density at radius 2 is 0.710 bits per heavy atom. The molecule has 0 fully saturated rings. The van der Waals surface area contributed by atoms with E-state index in [-0.39, 0.29) is 33.8 Å². The van der Waals surface area contributed by atoms with E-state index in [0.29, 0.717) is 0 Å². The molecule has 0 unspecified atom stereocenters. The molecule has 4 aromatic rings. The first kappa shape index (κ1) is 47.3. The van der Waals surface area contributed by atoms with Gasteiger partial charge in [-0.15, -0.1) is 0 Å². The molecule has 4 aromatic carbocycles. The van der Waals surface area contributed by atoms with Gasteiger partial charge in [0, 0.05) is 0 Å². The van der Waals surface area contributed by atoms with Crippen LogP contribution in [0.15, 0.2) is 84.9 Å². The highest BCUT2D eigenvalue weighted by Gasteiger charge is 2.32. The van der Waals surface area contributed by atoms with E-state index in [1.54, 1.807) is 41.5 Å². The topological polar surface area (TPSA) is 210 Å². The number of ketones is 2. The lowest BCUT2D eigenvalue weighted by Crippen LogP contribution is -2.26. The van der Waals surface area contributed by atoms with E-state index in [2.05, 4.69) is 0 Å². The highest BCUT2D eigenvalue weighted by Crippen LogP contribution is 2.34. The Kier molecular flexibility index (Phi) is 15.1. The lowest BCUT2D eigenvalue weighted by Gasteiger charge is -2.19. The Balaban J connectivity index is 1.70. The van der Waals surface area contributed by atoms with Crippen molar-refractivity contribution in [1.29, 1.82) is 0 Å². The Bertz CT molecular complexity index is 2230. The van der Waals surface area contributed by atoms with Gasteiger partial charge in [0.1, 0.15) is 33.8 Å². The first-order valence-corrected chi connectivity index (χ1v) is 19.2. The fourth-order valence-electron chi connectivity index (χ4n) is 5.07. The Morgan fingerprint density at radius 1 is 0.403 bits per heavy atom. The molecular formula is C46H46O16. The maximum absolute atomic E-state index is 14.1. The Labute approximate surface area is 357 Å². The van der Waals surface area contributed by atoms with Gasteiger partial charge in [0.25, 0.3) is 0 Å². The molecule has 16 nitrogen and oxygen atoms in total. The van der Waals surface area contributed by atoms with Crippen molar-refractivity contribution in [1.82, 2.24) is 0 Å². The first-order chi connectivity index (χ1) is 29.0. The molecule has 0 spiro atoms. The molecule has 0 N–H and O–H groups in total. The smallest absolute Gasteiger partial charge is 0.428 e. The van der Waals surface area contributed by atoms with E-state index < -0.39 is 93.4 Å². The van der Waals surface area contributed by atoms with E-state index in [4.69, 9.17) is 38.2 Å². The molecule has 0 radical (unpaired) electrons. The number of rotatable bonds is 12. The first-order valence-electron chi connectivity index (χ1n) is 19.2. The SMILES string of the molecule is CC(C)C(=O)Oc1c(C(=O)OOC(=O)c2cccc(C(=O)c3ccccc3OC(=O)OC(C)(C)C)c2OC(=O)C(C)C)cccc1C(=O)c1ccccc1OC(=O)OC(C)(C)C. The third-order valence-corrected chi connectivity index (χ3v) is 7.93. The average Bonchev–Trinajstić information content (AvgIpc) is 3.18. The van der Waals surface area contributed by atoms with E-state index in [1.165, 1.54) is 100 Å². The quantitative estimate of drug-likeness (QED) is 0.0325. The lowest BCUT2D eigenvalue weighted by atomic mass is 9.99. The second kappa shape index (κ2) is 19.8. The molecular weight excluding hydrogens is 808 g/mol. The standard InChI is InChI=1S/C46H46O16/c1-25(2)39(49)57-37-29(35(47)27-17-11-13-23-33(27)55-43(53)59-45(5,6)7)19-15-21-31(37)41(51)61-62-42(52)32-22-16-20-30(38(32)58-40(50)26(3)4)36(48)28-18-12-14-24-34(28)56-44(54)60-46(8,9)10/h11-26H,1-10H3. The molecule has 0 saturated heterocycles. The van der Waals surface area contributed by atoms with Crippen LogP contribution >= 0.6 is 0 Å². The van der Waals surface area contributed by atoms with Gasteiger partial charge in [0.2, 0.25) is 11.6 Å². The summed E-state index contributed by atoms with van der Waals surface area (Å²) in [7, 11) is 0. The highest BCUT2D eigenvalue weighted by molar-refractivity contribution is 6.15. The van der Waals surface area contributed by atoms with Crippen LogP contribution in [-0.2, 0) is 28.8 Å². The molecule has 0 aromatic heterocycles. The van der Waals surface area contributed by atoms with Crippen molar-refractivity contribution in [3.05, 3.63) is 118 Å². The Hall–Kier alpha value is -7.36. The summed E-state index contributed by atoms with van der Waals surface area (Å²) in [5, 5.41) is 0. The summed E-state index contributed by atoms with van der Waals surface area (Å²) < 4.78 is 32.2. The van der Waals surface area contributed by atoms with Crippen LogP contribution in [0.4, 0.5) is 9.59 Å². The molecule has 62 heavy (non-hydrogen) atoms. The van der Waals surface area contributed by atoms with Crippen LogP contribution in [0.2, 0.25) is 0 Å². The normalized spacial score (nSPS) is 11.2. The van der Waals surface area contributed by atoms with Crippen molar-refractivity contribution in [2.45, 2.75) is 80.4 Å². The molecule has 0 atom stereocenters. The van der Waals surface area contributed by atoms with E-state index in [9.17, 15) is 38.4 Å². The van der Waals surface area contributed by atoms with Crippen LogP contribution in [0.25, 0.3) is 0 Å². The van der Waals surface area contributed by atoms with Crippen LogP contribution in [0.5, 0.6) is 23.0 Å². The van der Waals surface area contributed by atoms with Gasteiger partial charge in [-0.2, -0.15) is 0 Å². The second-order valence-electron chi connectivity index (χ2n) is 16.0. The molecule has 0 saturated carbocycles. The molecule has 0 aliphatic heterocycles. The summed E-state index contributed by atoms with van der Waals surface area (Å²) in [5.41, 5.74) is -3.95. The number of carbonyl (C=O) groups excluding carboxylic acids is 8. The van der Waals surface area contributed by atoms with Gasteiger partial charge < -0.3 is 28.4 Å². The summed E-state index contributed by atoms with van der Waals surface area (Å²) in [5.74, 6) is -9.30. The predicted octanol–water partition coefficient (Wildman–Crippen LogP) is 8.83. The number of para-hydroxylation sites is 4. The molecule has 0 aliphatic carbocycles.